The van der Waals surface area contributed by atoms with Crippen LogP contribution < -0.4 is 0 Å². The maximum Gasteiger partial charge on any atom is 0.321 e. The van der Waals surface area contributed by atoms with Gasteiger partial charge >= 0.3 is 5.97 Å². The number of nitriles is 1. The molecular formula is C9H6BrNO2. The molecule has 0 amide bonds. The van der Waals surface area contributed by atoms with E-state index in [1.54, 1.807) is 24.3 Å². The van der Waals surface area contributed by atoms with E-state index in [1.807, 2.05) is 6.07 Å². The molecule has 0 aliphatic heterocycles. The van der Waals surface area contributed by atoms with Crippen LogP contribution in [0.3, 0.4) is 0 Å². The molecule has 0 aromatic heterocycles. The number of nitrogens with zero attached hydrogens (tertiary/aromatic N) is 1. The molecule has 66 valence electrons. The van der Waals surface area contributed by atoms with Crippen molar-refractivity contribution < 1.29 is 9.90 Å². The Balaban J connectivity index is 2.93. The summed E-state index contributed by atoms with van der Waals surface area (Å²) in [7, 11) is 0. The second-order valence-corrected chi connectivity index (χ2v) is 3.35. The third kappa shape index (κ3) is 2.30. The van der Waals surface area contributed by atoms with Crippen LogP contribution in [0.1, 0.15) is 16.0 Å². The molecule has 0 radical (unpaired) electrons. The maximum atomic E-state index is 10.5. The summed E-state index contributed by atoms with van der Waals surface area (Å²) >= 11 is 3.01. The summed E-state index contributed by atoms with van der Waals surface area (Å²) in [4.78, 5) is 9.83. The fourth-order valence-electron chi connectivity index (χ4n) is 0.869. The Bertz CT molecular complexity index is 353. The Hall–Kier alpha value is -1.34. The molecule has 0 heterocycles. The largest absolute Gasteiger partial charge is 0.480 e. The fourth-order valence-corrected chi connectivity index (χ4v) is 1.17. The Morgan fingerprint density at radius 3 is 2.38 bits per heavy atom. The molecule has 1 N–H and O–H groups in total. The van der Waals surface area contributed by atoms with Crippen molar-refractivity contribution in [2.75, 3.05) is 0 Å². The number of aliphatic carboxylic acids is 1. The molecule has 0 bridgehead atoms. The van der Waals surface area contributed by atoms with E-state index >= 15 is 0 Å². The first kappa shape index (κ1) is 9.75. The molecular weight excluding hydrogens is 234 g/mol. The van der Waals surface area contributed by atoms with Gasteiger partial charge in [0.1, 0.15) is 4.83 Å². The average molecular weight is 240 g/mol. The first-order chi connectivity index (χ1) is 6.15. The number of rotatable bonds is 2. The summed E-state index contributed by atoms with van der Waals surface area (Å²) in [5.74, 6) is -0.940. The number of benzene rings is 1. The monoisotopic (exact) mass is 239 g/mol. The Labute approximate surface area is 83.7 Å². The van der Waals surface area contributed by atoms with Crippen LogP contribution >= 0.6 is 15.9 Å². The van der Waals surface area contributed by atoms with Gasteiger partial charge in [0, 0.05) is 0 Å². The minimum Gasteiger partial charge on any atom is -0.480 e. The molecule has 0 saturated heterocycles. The van der Waals surface area contributed by atoms with Crippen LogP contribution in [0.2, 0.25) is 0 Å². The van der Waals surface area contributed by atoms with Gasteiger partial charge in [-0.3, -0.25) is 4.79 Å². The van der Waals surface area contributed by atoms with Crippen LogP contribution in [0.15, 0.2) is 24.3 Å². The van der Waals surface area contributed by atoms with Gasteiger partial charge in [0.15, 0.2) is 0 Å². The van der Waals surface area contributed by atoms with Crippen molar-refractivity contribution in [1.82, 2.24) is 0 Å². The summed E-state index contributed by atoms with van der Waals surface area (Å²) < 4.78 is 0. The van der Waals surface area contributed by atoms with Crippen LogP contribution in [0.5, 0.6) is 0 Å². The Morgan fingerprint density at radius 2 is 2.00 bits per heavy atom. The standard InChI is InChI=1S/C9H6BrNO2/c10-8(9(12)13)7-3-1-6(5-11)2-4-7/h1-4,8H,(H,12,13). The molecule has 0 aliphatic carbocycles. The minimum atomic E-state index is -0.940. The lowest BCUT2D eigenvalue weighted by atomic mass is 10.1. The molecule has 4 heteroatoms. The van der Waals surface area contributed by atoms with E-state index in [0.29, 0.717) is 11.1 Å². The topological polar surface area (TPSA) is 61.1 Å². The van der Waals surface area contributed by atoms with Crippen molar-refractivity contribution in [3.05, 3.63) is 35.4 Å². The number of carboxylic acids is 1. The number of carbonyl (C=O) groups is 1. The summed E-state index contributed by atoms with van der Waals surface area (Å²) in [5, 5.41) is 17.1. The van der Waals surface area contributed by atoms with Crippen LogP contribution in [-0.2, 0) is 4.79 Å². The number of halogens is 1. The molecule has 1 unspecified atom stereocenters. The molecule has 1 rings (SSSR count). The van der Waals surface area contributed by atoms with Crippen molar-refractivity contribution in [3.8, 4) is 6.07 Å². The zero-order valence-electron chi connectivity index (χ0n) is 6.57. The first-order valence-corrected chi connectivity index (χ1v) is 4.43. The van der Waals surface area contributed by atoms with Crippen LogP contribution in [0.25, 0.3) is 0 Å². The number of carboxylic acid groups (broad SMARTS) is 1. The number of hydrogen-bond acceptors (Lipinski definition) is 2. The van der Waals surface area contributed by atoms with Gasteiger partial charge in [-0.25, -0.2) is 0 Å². The van der Waals surface area contributed by atoms with Crippen molar-refractivity contribution in [2.45, 2.75) is 4.83 Å². The predicted octanol–water partition coefficient (Wildman–Crippen LogP) is 2.08. The molecule has 1 atom stereocenters. The van der Waals surface area contributed by atoms with Crippen molar-refractivity contribution in [2.24, 2.45) is 0 Å². The van der Waals surface area contributed by atoms with Crippen LogP contribution in [0, 0.1) is 11.3 Å². The highest BCUT2D eigenvalue weighted by atomic mass is 79.9. The number of alkyl halides is 1. The molecule has 1 aromatic rings. The molecule has 1 aromatic carbocycles. The van der Waals surface area contributed by atoms with E-state index in [-0.39, 0.29) is 0 Å². The van der Waals surface area contributed by atoms with E-state index in [0.717, 1.165) is 0 Å². The van der Waals surface area contributed by atoms with Crippen molar-refractivity contribution >= 4 is 21.9 Å². The second kappa shape index (κ2) is 4.06. The van der Waals surface area contributed by atoms with Gasteiger partial charge in [-0.2, -0.15) is 5.26 Å². The molecule has 0 spiro atoms. The van der Waals surface area contributed by atoms with Gasteiger partial charge < -0.3 is 5.11 Å². The highest BCUT2D eigenvalue weighted by Crippen LogP contribution is 2.22. The van der Waals surface area contributed by atoms with E-state index in [9.17, 15) is 4.79 Å². The zero-order valence-corrected chi connectivity index (χ0v) is 8.15. The lowest BCUT2D eigenvalue weighted by molar-refractivity contribution is -0.136. The molecule has 0 aliphatic rings. The Morgan fingerprint density at radius 1 is 1.46 bits per heavy atom. The predicted molar refractivity (Wildman–Crippen MR) is 50.5 cm³/mol. The smallest absolute Gasteiger partial charge is 0.321 e. The zero-order chi connectivity index (χ0) is 9.84. The molecule has 3 nitrogen and oxygen atoms in total. The van der Waals surface area contributed by atoms with E-state index < -0.39 is 10.8 Å². The average Bonchev–Trinajstić information content (AvgIpc) is 2.17. The lowest BCUT2D eigenvalue weighted by Gasteiger charge is -2.03. The molecule has 13 heavy (non-hydrogen) atoms. The van der Waals surface area contributed by atoms with Crippen molar-refractivity contribution in [1.29, 1.82) is 5.26 Å². The van der Waals surface area contributed by atoms with E-state index in [4.69, 9.17) is 10.4 Å². The third-order valence-electron chi connectivity index (χ3n) is 1.55. The van der Waals surface area contributed by atoms with Crippen LogP contribution in [-0.4, -0.2) is 11.1 Å². The summed E-state index contributed by atoms with van der Waals surface area (Å²) in [5.41, 5.74) is 1.15. The lowest BCUT2D eigenvalue weighted by Crippen LogP contribution is -2.03. The van der Waals surface area contributed by atoms with Gasteiger partial charge in [0.05, 0.1) is 11.6 Å². The summed E-state index contributed by atoms with van der Waals surface area (Å²) in [6, 6.07) is 8.37. The second-order valence-electron chi connectivity index (χ2n) is 2.43. The van der Waals surface area contributed by atoms with Crippen molar-refractivity contribution in [3.63, 3.8) is 0 Å². The van der Waals surface area contributed by atoms with Gasteiger partial charge in [0.2, 0.25) is 0 Å². The third-order valence-corrected chi connectivity index (χ3v) is 2.47. The van der Waals surface area contributed by atoms with Gasteiger partial charge in [0.25, 0.3) is 0 Å². The minimum absolute atomic E-state index is 0.522. The number of hydrogen-bond donors (Lipinski definition) is 1. The summed E-state index contributed by atoms with van der Waals surface area (Å²) in [6.45, 7) is 0. The fraction of sp³-hybridized carbons (Fsp3) is 0.111. The van der Waals surface area contributed by atoms with Gasteiger partial charge in [-0.1, -0.05) is 28.1 Å². The molecule has 0 saturated carbocycles. The van der Waals surface area contributed by atoms with E-state index in [2.05, 4.69) is 15.9 Å². The van der Waals surface area contributed by atoms with Gasteiger partial charge in [-0.15, -0.1) is 0 Å². The summed E-state index contributed by atoms with van der Waals surface area (Å²) in [6.07, 6.45) is 0. The SMILES string of the molecule is N#Cc1ccc(C(Br)C(=O)O)cc1. The van der Waals surface area contributed by atoms with Crippen LogP contribution in [0.4, 0.5) is 0 Å². The normalized spacial score (nSPS) is 11.7. The molecule has 0 fully saturated rings. The van der Waals surface area contributed by atoms with E-state index in [1.165, 1.54) is 0 Å². The highest BCUT2D eigenvalue weighted by molar-refractivity contribution is 9.09. The highest BCUT2D eigenvalue weighted by Gasteiger charge is 2.14. The Kier molecular flexibility index (Phi) is 3.04. The van der Waals surface area contributed by atoms with Gasteiger partial charge in [-0.05, 0) is 17.7 Å². The quantitative estimate of drug-likeness (QED) is 0.805. The first-order valence-electron chi connectivity index (χ1n) is 3.52. The maximum absolute atomic E-state index is 10.5.